The number of halogens is 1. The summed E-state index contributed by atoms with van der Waals surface area (Å²) in [7, 11) is 0. The van der Waals surface area contributed by atoms with Crippen LogP contribution in [0.1, 0.15) is 17.0 Å². The number of aryl methyl sites for hydroxylation is 1. The predicted molar refractivity (Wildman–Crippen MR) is 71.6 cm³/mol. The van der Waals surface area contributed by atoms with E-state index in [0.717, 1.165) is 11.4 Å². The molecule has 19 heavy (non-hydrogen) atoms. The number of nitro groups is 1. The Morgan fingerprint density at radius 3 is 2.53 bits per heavy atom. The molecule has 0 aliphatic rings. The van der Waals surface area contributed by atoms with E-state index in [2.05, 4.69) is 6.07 Å². The molecule has 2 rings (SSSR count). The average Bonchev–Trinajstić information content (AvgIpc) is 2.64. The number of benzene rings is 1. The van der Waals surface area contributed by atoms with Crippen molar-refractivity contribution >= 4 is 17.3 Å². The Hall–Kier alpha value is -2.32. The van der Waals surface area contributed by atoms with Crippen LogP contribution in [-0.4, -0.2) is 9.49 Å². The molecule has 1 heterocycles. The highest BCUT2D eigenvalue weighted by molar-refractivity contribution is 6.32. The van der Waals surface area contributed by atoms with Crippen LogP contribution in [0.15, 0.2) is 24.3 Å². The monoisotopic (exact) mass is 275 g/mol. The second-order valence-corrected chi connectivity index (χ2v) is 4.53. The highest BCUT2D eigenvalue weighted by Gasteiger charge is 2.15. The van der Waals surface area contributed by atoms with Gasteiger partial charge in [0.2, 0.25) is 0 Å². The summed E-state index contributed by atoms with van der Waals surface area (Å²) in [6.45, 7) is 3.66. The smallest absolute Gasteiger partial charge is 0.271 e. The van der Waals surface area contributed by atoms with Gasteiger partial charge in [-0.05, 0) is 26.0 Å². The molecule has 0 bridgehead atoms. The van der Waals surface area contributed by atoms with Crippen molar-refractivity contribution in [3.8, 4) is 11.8 Å². The lowest BCUT2D eigenvalue weighted by Crippen LogP contribution is -2.00. The molecule has 0 amide bonds. The topological polar surface area (TPSA) is 71.9 Å². The van der Waals surface area contributed by atoms with Crippen molar-refractivity contribution in [1.82, 2.24) is 4.57 Å². The van der Waals surface area contributed by atoms with Gasteiger partial charge < -0.3 is 4.57 Å². The molecule has 0 atom stereocenters. The van der Waals surface area contributed by atoms with Gasteiger partial charge in [-0.15, -0.1) is 0 Å². The molecule has 0 fully saturated rings. The van der Waals surface area contributed by atoms with Gasteiger partial charge in [-0.1, -0.05) is 11.6 Å². The van der Waals surface area contributed by atoms with Crippen molar-refractivity contribution in [3.63, 3.8) is 0 Å². The van der Waals surface area contributed by atoms with Crippen molar-refractivity contribution < 1.29 is 4.92 Å². The Morgan fingerprint density at radius 2 is 2.05 bits per heavy atom. The third kappa shape index (κ3) is 2.18. The van der Waals surface area contributed by atoms with E-state index in [0.29, 0.717) is 11.3 Å². The van der Waals surface area contributed by atoms with E-state index in [1.807, 2.05) is 18.4 Å². The Kier molecular flexibility index (Phi) is 3.28. The fraction of sp³-hybridized carbons (Fsp3) is 0.154. The maximum Gasteiger partial charge on any atom is 0.271 e. The summed E-state index contributed by atoms with van der Waals surface area (Å²) in [5.74, 6) is 0. The van der Waals surface area contributed by atoms with Gasteiger partial charge in [-0.2, -0.15) is 5.26 Å². The van der Waals surface area contributed by atoms with Crippen LogP contribution >= 0.6 is 11.6 Å². The fourth-order valence-corrected chi connectivity index (χ4v) is 2.30. The number of nitro benzene ring substituents is 1. The second-order valence-electron chi connectivity index (χ2n) is 4.12. The Balaban J connectivity index is 2.64. The van der Waals surface area contributed by atoms with Crippen LogP contribution in [0.5, 0.6) is 0 Å². The van der Waals surface area contributed by atoms with Crippen LogP contribution in [0.25, 0.3) is 5.69 Å². The van der Waals surface area contributed by atoms with Gasteiger partial charge in [0.1, 0.15) is 6.07 Å². The molecule has 6 heteroatoms. The summed E-state index contributed by atoms with van der Waals surface area (Å²) >= 11 is 6.10. The van der Waals surface area contributed by atoms with Crippen LogP contribution in [0.2, 0.25) is 5.02 Å². The first kappa shape index (κ1) is 13.1. The van der Waals surface area contributed by atoms with Gasteiger partial charge in [0.25, 0.3) is 5.69 Å². The Bertz CT molecular complexity index is 713. The molecule has 0 aliphatic heterocycles. The van der Waals surface area contributed by atoms with Gasteiger partial charge in [0.15, 0.2) is 0 Å². The van der Waals surface area contributed by atoms with Crippen molar-refractivity contribution in [3.05, 3.63) is 56.4 Å². The first-order chi connectivity index (χ1) is 8.95. The Labute approximate surface area is 114 Å². The molecule has 96 valence electrons. The van der Waals surface area contributed by atoms with E-state index in [-0.39, 0.29) is 10.7 Å². The predicted octanol–water partition coefficient (Wildman–Crippen LogP) is 3.53. The van der Waals surface area contributed by atoms with Crippen LogP contribution in [-0.2, 0) is 0 Å². The number of rotatable bonds is 2. The molecule has 0 N–H and O–H groups in total. The fourth-order valence-electron chi connectivity index (χ4n) is 2.04. The standard InChI is InChI=1S/C13H10ClN3O2/c1-8-5-10(7-15)9(2)16(8)13-4-3-11(17(18)19)6-12(13)14/h3-6H,1-2H3. The second kappa shape index (κ2) is 4.75. The lowest BCUT2D eigenvalue weighted by Gasteiger charge is -2.11. The van der Waals surface area contributed by atoms with Crippen molar-refractivity contribution in [2.45, 2.75) is 13.8 Å². The van der Waals surface area contributed by atoms with E-state index in [1.165, 1.54) is 12.1 Å². The summed E-state index contributed by atoms with van der Waals surface area (Å²) in [5, 5.41) is 20.0. The average molecular weight is 276 g/mol. The zero-order valence-electron chi connectivity index (χ0n) is 10.3. The maximum atomic E-state index is 10.7. The number of aromatic nitrogens is 1. The van der Waals surface area contributed by atoms with E-state index in [4.69, 9.17) is 16.9 Å². The number of non-ortho nitro benzene ring substituents is 1. The normalized spacial score (nSPS) is 10.2. The minimum absolute atomic E-state index is 0.0586. The molecular weight excluding hydrogens is 266 g/mol. The lowest BCUT2D eigenvalue weighted by atomic mass is 10.2. The molecule has 0 saturated carbocycles. The van der Waals surface area contributed by atoms with E-state index < -0.39 is 4.92 Å². The summed E-state index contributed by atoms with van der Waals surface area (Å²) in [6, 6.07) is 8.15. The summed E-state index contributed by atoms with van der Waals surface area (Å²) in [4.78, 5) is 10.2. The van der Waals surface area contributed by atoms with Gasteiger partial charge in [-0.3, -0.25) is 10.1 Å². The minimum Gasteiger partial charge on any atom is -0.316 e. The number of nitrogens with zero attached hydrogens (tertiary/aromatic N) is 3. The van der Waals surface area contributed by atoms with Gasteiger partial charge in [-0.25, -0.2) is 0 Å². The molecular formula is C13H10ClN3O2. The van der Waals surface area contributed by atoms with E-state index in [9.17, 15) is 10.1 Å². The number of hydrogen-bond acceptors (Lipinski definition) is 3. The minimum atomic E-state index is -0.494. The molecule has 0 radical (unpaired) electrons. The van der Waals surface area contributed by atoms with Crippen LogP contribution in [0.4, 0.5) is 5.69 Å². The van der Waals surface area contributed by atoms with Gasteiger partial charge >= 0.3 is 0 Å². The summed E-state index contributed by atoms with van der Waals surface area (Å²) in [5.41, 5.74) is 2.74. The third-order valence-corrected chi connectivity index (χ3v) is 3.24. The Morgan fingerprint density at radius 1 is 1.37 bits per heavy atom. The lowest BCUT2D eigenvalue weighted by molar-refractivity contribution is -0.384. The molecule has 0 aliphatic carbocycles. The largest absolute Gasteiger partial charge is 0.316 e. The zero-order chi connectivity index (χ0) is 14.2. The van der Waals surface area contributed by atoms with E-state index >= 15 is 0 Å². The molecule has 2 aromatic rings. The van der Waals surface area contributed by atoms with E-state index in [1.54, 1.807) is 12.1 Å². The first-order valence-corrected chi connectivity index (χ1v) is 5.87. The first-order valence-electron chi connectivity index (χ1n) is 5.49. The van der Waals surface area contributed by atoms with Crippen LogP contribution < -0.4 is 0 Å². The van der Waals surface area contributed by atoms with Gasteiger partial charge in [0, 0.05) is 23.5 Å². The quantitative estimate of drug-likeness (QED) is 0.622. The molecule has 5 nitrogen and oxygen atoms in total. The molecule has 0 spiro atoms. The highest BCUT2D eigenvalue weighted by Crippen LogP contribution is 2.29. The SMILES string of the molecule is Cc1cc(C#N)c(C)n1-c1ccc([N+](=O)[O-])cc1Cl. The number of nitriles is 1. The van der Waals surface area contributed by atoms with Crippen LogP contribution in [0.3, 0.4) is 0 Å². The number of hydrogen-bond donors (Lipinski definition) is 0. The molecule has 0 unspecified atom stereocenters. The highest BCUT2D eigenvalue weighted by atomic mass is 35.5. The van der Waals surface area contributed by atoms with Crippen molar-refractivity contribution in [1.29, 1.82) is 5.26 Å². The molecule has 1 aromatic carbocycles. The van der Waals surface area contributed by atoms with Crippen LogP contribution in [0, 0.1) is 35.3 Å². The molecule has 1 aromatic heterocycles. The summed E-state index contributed by atoms with van der Waals surface area (Å²) in [6.07, 6.45) is 0. The maximum absolute atomic E-state index is 10.7. The van der Waals surface area contributed by atoms with Gasteiger partial charge in [0.05, 0.1) is 21.2 Å². The van der Waals surface area contributed by atoms with Crippen molar-refractivity contribution in [2.75, 3.05) is 0 Å². The molecule has 0 saturated heterocycles. The zero-order valence-corrected chi connectivity index (χ0v) is 11.1. The van der Waals surface area contributed by atoms with Crippen molar-refractivity contribution in [2.24, 2.45) is 0 Å². The third-order valence-electron chi connectivity index (χ3n) is 2.93. The summed E-state index contributed by atoms with van der Waals surface area (Å²) < 4.78 is 1.81.